The molecule has 6 rings (SSSR count). The topological polar surface area (TPSA) is 25.8 Å². The van der Waals surface area contributed by atoms with Crippen LogP contribution < -0.4 is 0 Å². The van der Waals surface area contributed by atoms with Gasteiger partial charge in [-0.2, -0.15) is 0 Å². The summed E-state index contributed by atoms with van der Waals surface area (Å²) in [5, 5.41) is 0. The SMILES string of the molecule is Cc1cncc(-c2ccc(-c3ccc(-c4cccnc4)cc3)cc2)c1.c1ccc(Sc2ccccc2)cc1. The largest absolute Gasteiger partial charge is 0.264 e. The van der Waals surface area contributed by atoms with E-state index < -0.39 is 0 Å². The van der Waals surface area contributed by atoms with Gasteiger partial charge in [-0.1, -0.05) is 103 Å². The molecule has 0 N–H and O–H groups in total. The Bertz CT molecular complexity index is 1510. The molecule has 0 aliphatic heterocycles. The second-order valence-electron chi connectivity index (χ2n) is 8.88. The van der Waals surface area contributed by atoms with Crippen LogP contribution in [0.3, 0.4) is 0 Å². The van der Waals surface area contributed by atoms with Crippen molar-refractivity contribution in [3.05, 3.63) is 158 Å². The fourth-order valence-corrected chi connectivity index (χ4v) is 4.93. The lowest BCUT2D eigenvalue weighted by atomic mass is 9.99. The number of nitrogens with zero attached hydrogens (tertiary/aromatic N) is 2. The van der Waals surface area contributed by atoms with Gasteiger partial charge in [0.25, 0.3) is 0 Å². The molecule has 0 atom stereocenters. The molecule has 2 heterocycles. The Hall–Kier alpha value is -4.47. The first-order chi connectivity index (χ1) is 18.7. The molecule has 6 aromatic rings. The van der Waals surface area contributed by atoms with Crippen molar-refractivity contribution in [2.24, 2.45) is 0 Å². The maximum absolute atomic E-state index is 4.27. The second-order valence-corrected chi connectivity index (χ2v) is 10.0. The van der Waals surface area contributed by atoms with E-state index in [4.69, 9.17) is 0 Å². The number of aryl methyl sites for hydroxylation is 1. The van der Waals surface area contributed by atoms with Gasteiger partial charge in [0.15, 0.2) is 0 Å². The molecule has 0 saturated carbocycles. The van der Waals surface area contributed by atoms with E-state index in [9.17, 15) is 0 Å². The normalized spacial score (nSPS) is 10.3. The molecule has 0 saturated heterocycles. The van der Waals surface area contributed by atoms with Gasteiger partial charge in [-0.25, -0.2) is 0 Å². The molecule has 0 fully saturated rings. The minimum absolute atomic E-state index is 1.14. The molecule has 3 heteroatoms. The highest BCUT2D eigenvalue weighted by atomic mass is 32.2. The number of hydrogen-bond acceptors (Lipinski definition) is 3. The smallest absolute Gasteiger partial charge is 0.0346 e. The van der Waals surface area contributed by atoms with Crippen molar-refractivity contribution < 1.29 is 0 Å². The third-order valence-electron chi connectivity index (χ3n) is 6.03. The Morgan fingerprint density at radius 3 is 1.37 bits per heavy atom. The summed E-state index contributed by atoms with van der Waals surface area (Å²) in [5.74, 6) is 0. The quantitative estimate of drug-likeness (QED) is 0.232. The molecule has 0 radical (unpaired) electrons. The number of hydrogen-bond donors (Lipinski definition) is 0. The first-order valence-electron chi connectivity index (χ1n) is 12.6. The van der Waals surface area contributed by atoms with Gasteiger partial charge < -0.3 is 0 Å². The highest BCUT2D eigenvalue weighted by Crippen LogP contribution is 2.28. The second kappa shape index (κ2) is 12.7. The minimum atomic E-state index is 1.14. The summed E-state index contributed by atoms with van der Waals surface area (Å²) >= 11 is 1.79. The highest BCUT2D eigenvalue weighted by Gasteiger charge is 2.03. The number of aromatic nitrogens is 2. The van der Waals surface area contributed by atoms with Crippen LogP contribution in [-0.4, -0.2) is 9.97 Å². The van der Waals surface area contributed by atoms with Crippen LogP contribution in [0.5, 0.6) is 0 Å². The fourth-order valence-electron chi connectivity index (χ4n) is 4.07. The van der Waals surface area contributed by atoms with Crippen LogP contribution in [0.4, 0.5) is 0 Å². The van der Waals surface area contributed by atoms with Crippen LogP contribution in [0.15, 0.2) is 162 Å². The van der Waals surface area contributed by atoms with E-state index in [2.05, 4.69) is 126 Å². The molecule has 0 amide bonds. The molecule has 4 aromatic carbocycles. The van der Waals surface area contributed by atoms with E-state index in [0.717, 1.165) is 11.1 Å². The Balaban J connectivity index is 0.000000190. The van der Waals surface area contributed by atoms with Crippen molar-refractivity contribution in [2.45, 2.75) is 16.7 Å². The summed E-state index contributed by atoms with van der Waals surface area (Å²) in [6.45, 7) is 2.06. The van der Waals surface area contributed by atoms with Crippen LogP contribution in [0.2, 0.25) is 0 Å². The summed E-state index contributed by atoms with van der Waals surface area (Å²) in [6.07, 6.45) is 7.47. The Morgan fingerprint density at radius 2 is 0.895 bits per heavy atom. The Labute approximate surface area is 229 Å². The summed E-state index contributed by atoms with van der Waals surface area (Å²) in [4.78, 5) is 11.0. The highest BCUT2D eigenvalue weighted by molar-refractivity contribution is 7.99. The molecular weight excluding hydrogens is 480 g/mol. The van der Waals surface area contributed by atoms with Crippen LogP contribution in [0.1, 0.15) is 5.56 Å². The van der Waals surface area contributed by atoms with Crippen LogP contribution in [0, 0.1) is 6.92 Å². The van der Waals surface area contributed by atoms with Crippen molar-refractivity contribution in [3.63, 3.8) is 0 Å². The lowest BCUT2D eigenvalue weighted by molar-refractivity contribution is 1.27. The van der Waals surface area contributed by atoms with Crippen molar-refractivity contribution in [1.82, 2.24) is 9.97 Å². The standard InChI is InChI=1S/C23H18N2.C12H10S/c1-17-13-23(16-25-14-17)21-10-6-19(7-11-21)18-4-8-20(9-5-18)22-3-2-12-24-15-22;1-3-7-11(8-4-1)13-12-9-5-2-6-10-12/h2-16H,1H3;1-10H. The molecule has 0 spiro atoms. The monoisotopic (exact) mass is 508 g/mol. The fraction of sp³-hybridized carbons (Fsp3) is 0.0286. The first kappa shape index (κ1) is 25.2. The van der Waals surface area contributed by atoms with Crippen LogP contribution in [-0.2, 0) is 0 Å². The van der Waals surface area contributed by atoms with Gasteiger partial charge in [0, 0.05) is 40.1 Å². The van der Waals surface area contributed by atoms with Crippen molar-refractivity contribution in [1.29, 1.82) is 0 Å². The third kappa shape index (κ3) is 6.84. The zero-order valence-electron chi connectivity index (χ0n) is 21.2. The molecule has 38 heavy (non-hydrogen) atoms. The van der Waals surface area contributed by atoms with E-state index in [1.807, 2.05) is 36.8 Å². The van der Waals surface area contributed by atoms with Gasteiger partial charge >= 0.3 is 0 Å². The average molecular weight is 509 g/mol. The van der Waals surface area contributed by atoms with Gasteiger partial charge in [0.1, 0.15) is 0 Å². The van der Waals surface area contributed by atoms with Crippen molar-refractivity contribution >= 4 is 11.8 Å². The molecule has 2 aromatic heterocycles. The van der Waals surface area contributed by atoms with E-state index >= 15 is 0 Å². The summed E-state index contributed by atoms with van der Waals surface area (Å²) < 4.78 is 0. The van der Waals surface area contributed by atoms with Crippen molar-refractivity contribution in [3.8, 4) is 33.4 Å². The Morgan fingerprint density at radius 1 is 0.421 bits per heavy atom. The van der Waals surface area contributed by atoms with Crippen molar-refractivity contribution in [2.75, 3.05) is 0 Å². The molecule has 184 valence electrons. The summed E-state index contributed by atoms with van der Waals surface area (Å²) in [6, 6.07) is 44.2. The lowest BCUT2D eigenvalue weighted by Crippen LogP contribution is -1.84. The van der Waals surface area contributed by atoms with Gasteiger partial charge in [0.05, 0.1) is 0 Å². The maximum atomic E-state index is 4.27. The van der Waals surface area contributed by atoms with E-state index in [1.165, 1.54) is 37.6 Å². The molecular formula is C35H28N2S. The average Bonchev–Trinajstić information content (AvgIpc) is 2.99. The van der Waals surface area contributed by atoms with Gasteiger partial charge in [0.2, 0.25) is 0 Å². The number of pyridine rings is 2. The predicted molar refractivity (Wildman–Crippen MR) is 160 cm³/mol. The number of rotatable bonds is 5. The summed E-state index contributed by atoms with van der Waals surface area (Å²) in [5.41, 5.74) is 8.25. The molecule has 0 aliphatic carbocycles. The maximum Gasteiger partial charge on any atom is 0.0346 e. The Kier molecular flexibility index (Phi) is 8.40. The van der Waals surface area contributed by atoms with Gasteiger partial charge in [-0.05, 0) is 76.7 Å². The summed E-state index contributed by atoms with van der Waals surface area (Å²) in [7, 11) is 0. The molecule has 0 unspecified atom stereocenters. The molecule has 2 nitrogen and oxygen atoms in total. The zero-order valence-corrected chi connectivity index (χ0v) is 22.1. The minimum Gasteiger partial charge on any atom is -0.264 e. The zero-order chi connectivity index (χ0) is 26.0. The van der Waals surface area contributed by atoms with E-state index in [0.29, 0.717) is 0 Å². The van der Waals surface area contributed by atoms with E-state index in [-0.39, 0.29) is 0 Å². The first-order valence-corrected chi connectivity index (χ1v) is 13.4. The van der Waals surface area contributed by atoms with Crippen LogP contribution >= 0.6 is 11.8 Å². The van der Waals surface area contributed by atoms with Gasteiger partial charge in [-0.15, -0.1) is 0 Å². The molecule has 0 bridgehead atoms. The van der Waals surface area contributed by atoms with Crippen LogP contribution in [0.25, 0.3) is 33.4 Å². The van der Waals surface area contributed by atoms with Gasteiger partial charge in [-0.3, -0.25) is 9.97 Å². The predicted octanol–water partition coefficient (Wildman–Crippen LogP) is 9.62. The number of benzene rings is 4. The molecule has 0 aliphatic rings. The lowest BCUT2D eigenvalue weighted by Gasteiger charge is -2.07. The third-order valence-corrected chi connectivity index (χ3v) is 7.04. The van der Waals surface area contributed by atoms with E-state index in [1.54, 1.807) is 18.0 Å².